The summed E-state index contributed by atoms with van der Waals surface area (Å²) in [5.41, 5.74) is 3.62. The van der Waals surface area contributed by atoms with Gasteiger partial charge in [-0.2, -0.15) is 0 Å². The Bertz CT molecular complexity index is 454. The van der Waals surface area contributed by atoms with Gasteiger partial charge in [-0.3, -0.25) is 10.1 Å². The molecule has 0 amide bonds. The molecule has 0 aliphatic carbocycles. The first-order valence-corrected chi connectivity index (χ1v) is 5.39. The number of benzene rings is 1. The molecule has 0 fully saturated rings. The number of esters is 1. The number of carbonyl (C=O) groups excluding carboxylic acids is 1. The third kappa shape index (κ3) is 4.47. The van der Waals surface area contributed by atoms with Crippen molar-refractivity contribution >= 4 is 11.7 Å². The zero-order valence-electron chi connectivity index (χ0n) is 10.3. The molecule has 1 rings (SSSR count). The molecule has 2 atom stereocenters. The molecular weight excluding hydrogens is 276 g/mol. The van der Waals surface area contributed by atoms with E-state index in [0.717, 1.165) is 0 Å². The van der Waals surface area contributed by atoms with Gasteiger partial charge in [-0.25, -0.2) is 4.79 Å². The third-order valence-corrected chi connectivity index (χ3v) is 2.39. The number of quaternary nitrogens is 1. The van der Waals surface area contributed by atoms with Crippen LogP contribution in [-0.4, -0.2) is 28.6 Å². The first-order valence-electron chi connectivity index (χ1n) is 5.39. The molecule has 0 saturated heterocycles. The van der Waals surface area contributed by atoms with Crippen molar-refractivity contribution < 1.29 is 37.7 Å². The number of aliphatic hydroxyl groups excluding tert-OH is 1. The van der Waals surface area contributed by atoms with Gasteiger partial charge in [0.05, 0.1) is 11.5 Å². The van der Waals surface area contributed by atoms with Gasteiger partial charge >= 0.3 is 5.97 Å². The number of halogens is 1. The standard InChI is InChI=1S/C11H14N2O5.ClH/c1-2-18-11(15)9(12)10(14)7-4-3-5-8(6-7)13(16)17;/h3-6,9-10,14H,2,12H2,1H3;1H. The molecule has 0 bridgehead atoms. The van der Waals surface area contributed by atoms with Crippen LogP contribution in [0, 0.1) is 10.1 Å². The topological polar surface area (TPSA) is 117 Å². The van der Waals surface area contributed by atoms with Gasteiger partial charge in [0.1, 0.15) is 6.10 Å². The quantitative estimate of drug-likeness (QED) is 0.336. The minimum absolute atomic E-state index is 0. The fraction of sp³-hybridized carbons (Fsp3) is 0.364. The molecule has 19 heavy (non-hydrogen) atoms. The number of nitro groups is 1. The molecule has 0 spiro atoms. The molecule has 0 aliphatic rings. The summed E-state index contributed by atoms with van der Waals surface area (Å²) in [7, 11) is 0. The van der Waals surface area contributed by atoms with Crippen LogP contribution in [0.25, 0.3) is 0 Å². The van der Waals surface area contributed by atoms with Gasteiger partial charge in [-0.05, 0) is 12.5 Å². The van der Waals surface area contributed by atoms with Crippen molar-refractivity contribution in [1.82, 2.24) is 0 Å². The van der Waals surface area contributed by atoms with E-state index in [1.165, 1.54) is 24.3 Å². The van der Waals surface area contributed by atoms with Crippen LogP contribution in [0.3, 0.4) is 0 Å². The van der Waals surface area contributed by atoms with Crippen molar-refractivity contribution in [2.75, 3.05) is 6.61 Å². The zero-order valence-corrected chi connectivity index (χ0v) is 11.0. The van der Waals surface area contributed by atoms with Gasteiger partial charge in [0.25, 0.3) is 5.69 Å². The second-order valence-electron chi connectivity index (χ2n) is 3.66. The van der Waals surface area contributed by atoms with Crippen LogP contribution in [-0.2, 0) is 9.53 Å². The molecule has 0 aliphatic heterocycles. The minimum atomic E-state index is -1.23. The summed E-state index contributed by atoms with van der Waals surface area (Å²) in [5.74, 6) is -0.642. The van der Waals surface area contributed by atoms with Crippen molar-refractivity contribution in [3.8, 4) is 0 Å². The first kappa shape index (κ1) is 17.3. The highest BCUT2D eigenvalue weighted by Gasteiger charge is 2.29. The monoisotopic (exact) mass is 290 g/mol. The van der Waals surface area contributed by atoms with E-state index in [1.807, 2.05) is 0 Å². The lowest BCUT2D eigenvalue weighted by Gasteiger charge is -2.14. The van der Waals surface area contributed by atoms with E-state index in [0.29, 0.717) is 0 Å². The number of nitrogens with zero attached hydrogens (tertiary/aromatic N) is 1. The van der Waals surface area contributed by atoms with Crippen LogP contribution in [0.5, 0.6) is 0 Å². The summed E-state index contributed by atoms with van der Waals surface area (Å²) in [6, 6.07) is 4.43. The molecule has 0 heterocycles. The largest absolute Gasteiger partial charge is 1.00 e. The smallest absolute Gasteiger partial charge is 0.367 e. The lowest BCUT2D eigenvalue weighted by molar-refractivity contribution is -0.426. The Kier molecular flexibility index (Phi) is 6.99. The highest BCUT2D eigenvalue weighted by atomic mass is 35.5. The number of hydrogen-bond acceptors (Lipinski definition) is 5. The van der Waals surface area contributed by atoms with E-state index in [2.05, 4.69) is 5.73 Å². The second kappa shape index (κ2) is 7.67. The fourth-order valence-corrected chi connectivity index (χ4v) is 1.43. The summed E-state index contributed by atoms with van der Waals surface area (Å²) >= 11 is 0. The summed E-state index contributed by atoms with van der Waals surface area (Å²) < 4.78 is 4.73. The molecular formula is C11H15ClN2O5. The van der Waals surface area contributed by atoms with Gasteiger partial charge in [0, 0.05) is 12.1 Å². The van der Waals surface area contributed by atoms with E-state index in [-0.39, 0.29) is 30.3 Å². The van der Waals surface area contributed by atoms with Gasteiger partial charge in [0.15, 0.2) is 0 Å². The third-order valence-electron chi connectivity index (χ3n) is 2.39. The number of nitro benzene ring substituents is 1. The Hall–Kier alpha value is -1.70. The average Bonchev–Trinajstić information content (AvgIpc) is 2.37. The molecule has 106 valence electrons. The predicted molar refractivity (Wildman–Crippen MR) is 61.4 cm³/mol. The minimum Gasteiger partial charge on any atom is -1.00 e. The maximum absolute atomic E-state index is 11.4. The van der Waals surface area contributed by atoms with E-state index in [4.69, 9.17) is 4.74 Å². The van der Waals surface area contributed by atoms with Crippen LogP contribution in [0.15, 0.2) is 24.3 Å². The lowest BCUT2D eigenvalue weighted by Crippen LogP contribution is -3.00. The van der Waals surface area contributed by atoms with E-state index >= 15 is 0 Å². The van der Waals surface area contributed by atoms with Crippen molar-refractivity contribution in [1.29, 1.82) is 0 Å². The molecule has 8 heteroatoms. The average molecular weight is 291 g/mol. The highest BCUT2D eigenvalue weighted by molar-refractivity contribution is 5.75. The molecule has 1 aromatic rings. The number of carbonyl (C=O) groups is 1. The number of aliphatic hydroxyl groups is 1. The molecule has 2 unspecified atom stereocenters. The van der Waals surface area contributed by atoms with E-state index in [9.17, 15) is 20.0 Å². The number of non-ortho nitro benzene ring substituents is 1. The molecule has 0 aromatic heterocycles. The maximum atomic E-state index is 11.4. The molecule has 0 saturated carbocycles. The second-order valence-corrected chi connectivity index (χ2v) is 3.66. The van der Waals surface area contributed by atoms with Crippen molar-refractivity contribution in [3.63, 3.8) is 0 Å². The summed E-state index contributed by atoms with van der Waals surface area (Å²) in [6.07, 6.45) is -1.23. The van der Waals surface area contributed by atoms with Gasteiger partial charge in [0.2, 0.25) is 6.04 Å². The number of rotatable bonds is 5. The summed E-state index contributed by atoms with van der Waals surface area (Å²) in [6.45, 7) is 1.83. The predicted octanol–water partition coefficient (Wildman–Crippen LogP) is -3.19. The Morgan fingerprint density at radius 2 is 2.21 bits per heavy atom. The van der Waals surface area contributed by atoms with Crippen LogP contribution < -0.4 is 18.1 Å². The van der Waals surface area contributed by atoms with Crippen molar-refractivity contribution in [2.24, 2.45) is 0 Å². The van der Waals surface area contributed by atoms with E-state index < -0.39 is 23.0 Å². The summed E-state index contributed by atoms with van der Waals surface area (Å²) in [5, 5.41) is 20.5. The normalized spacial score (nSPS) is 13.0. The Labute approximate surface area is 115 Å². The Morgan fingerprint density at radius 3 is 2.74 bits per heavy atom. The zero-order chi connectivity index (χ0) is 13.7. The molecule has 4 N–H and O–H groups in total. The maximum Gasteiger partial charge on any atom is 0.367 e. The summed E-state index contributed by atoms with van der Waals surface area (Å²) in [4.78, 5) is 21.4. The van der Waals surface area contributed by atoms with Crippen molar-refractivity contribution in [2.45, 2.75) is 19.1 Å². The van der Waals surface area contributed by atoms with Crippen LogP contribution in [0.2, 0.25) is 0 Å². The lowest BCUT2D eigenvalue weighted by atomic mass is 10.0. The molecule has 1 aromatic carbocycles. The highest BCUT2D eigenvalue weighted by Crippen LogP contribution is 2.20. The van der Waals surface area contributed by atoms with Gasteiger partial charge < -0.3 is 28.0 Å². The van der Waals surface area contributed by atoms with Crippen LogP contribution in [0.1, 0.15) is 18.6 Å². The molecule has 7 nitrogen and oxygen atoms in total. The van der Waals surface area contributed by atoms with Crippen LogP contribution >= 0.6 is 0 Å². The fourth-order valence-electron chi connectivity index (χ4n) is 1.43. The molecule has 0 radical (unpaired) electrons. The van der Waals surface area contributed by atoms with Gasteiger partial charge in [-0.1, -0.05) is 12.1 Å². The first-order chi connectivity index (χ1) is 8.47. The Balaban J connectivity index is 0.00000324. The van der Waals surface area contributed by atoms with Crippen LogP contribution in [0.4, 0.5) is 5.69 Å². The number of hydrogen-bond donors (Lipinski definition) is 2. The Morgan fingerprint density at radius 1 is 1.58 bits per heavy atom. The van der Waals surface area contributed by atoms with Gasteiger partial charge in [-0.15, -0.1) is 0 Å². The van der Waals surface area contributed by atoms with Crippen molar-refractivity contribution in [3.05, 3.63) is 39.9 Å². The SMILES string of the molecule is CCOC(=O)C([NH3+])C(O)c1cccc([N+](=O)[O-])c1.[Cl-]. The van der Waals surface area contributed by atoms with E-state index in [1.54, 1.807) is 6.92 Å². The number of ether oxygens (including phenoxy) is 1.